The summed E-state index contributed by atoms with van der Waals surface area (Å²) in [6.07, 6.45) is 5.16. The van der Waals surface area contributed by atoms with Crippen LogP contribution in [0.15, 0.2) is 59.5 Å². The molecule has 0 aliphatic rings. The highest BCUT2D eigenvalue weighted by atomic mass is 19.1. The van der Waals surface area contributed by atoms with Gasteiger partial charge in [0.25, 0.3) is 5.56 Å². The molecule has 0 spiro atoms. The van der Waals surface area contributed by atoms with Crippen LogP contribution in [0.1, 0.15) is 37.5 Å². The number of pyridine rings is 1. The van der Waals surface area contributed by atoms with Crippen molar-refractivity contribution in [1.29, 1.82) is 0 Å². The lowest BCUT2D eigenvalue weighted by Gasteiger charge is -2.24. The van der Waals surface area contributed by atoms with Crippen LogP contribution >= 0.6 is 0 Å². The van der Waals surface area contributed by atoms with Gasteiger partial charge in [0, 0.05) is 28.5 Å². The monoisotopic (exact) mass is 377 g/mol. The van der Waals surface area contributed by atoms with Crippen LogP contribution in [0.3, 0.4) is 0 Å². The Hall–Kier alpha value is -3.14. The molecule has 0 saturated heterocycles. The van der Waals surface area contributed by atoms with E-state index in [9.17, 15) is 9.18 Å². The quantitative estimate of drug-likeness (QED) is 0.596. The molecule has 1 aromatic heterocycles. The van der Waals surface area contributed by atoms with Gasteiger partial charge in [-0.2, -0.15) is 0 Å². The Morgan fingerprint density at radius 2 is 1.71 bits per heavy atom. The van der Waals surface area contributed by atoms with Crippen LogP contribution in [0.5, 0.6) is 5.75 Å². The number of aromatic amines is 1. The largest absolute Gasteiger partial charge is 0.496 e. The van der Waals surface area contributed by atoms with E-state index in [1.54, 1.807) is 49.7 Å². The molecule has 1 N–H and O–H groups in total. The second-order valence-corrected chi connectivity index (χ2v) is 7.66. The van der Waals surface area contributed by atoms with E-state index in [0.29, 0.717) is 11.1 Å². The summed E-state index contributed by atoms with van der Waals surface area (Å²) in [6.45, 7) is 6.27. The topological polar surface area (TPSA) is 42.1 Å². The van der Waals surface area contributed by atoms with Gasteiger partial charge in [-0.15, -0.1) is 0 Å². The minimum absolute atomic E-state index is 0.156. The summed E-state index contributed by atoms with van der Waals surface area (Å²) in [5.41, 5.74) is 3.27. The maximum atomic E-state index is 14.0. The van der Waals surface area contributed by atoms with E-state index in [1.165, 1.54) is 6.07 Å². The lowest BCUT2D eigenvalue weighted by molar-refractivity contribution is 0.397. The average Bonchev–Trinajstić information content (AvgIpc) is 2.66. The number of hydrogen-bond acceptors (Lipinski definition) is 2. The molecule has 28 heavy (non-hydrogen) atoms. The first kappa shape index (κ1) is 19.6. The fourth-order valence-corrected chi connectivity index (χ4v) is 3.15. The van der Waals surface area contributed by atoms with E-state index >= 15 is 0 Å². The van der Waals surface area contributed by atoms with E-state index < -0.39 is 0 Å². The van der Waals surface area contributed by atoms with Gasteiger partial charge in [0.2, 0.25) is 0 Å². The van der Waals surface area contributed by atoms with E-state index in [0.717, 1.165) is 22.4 Å². The molecule has 0 saturated carbocycles. The maximum absolute atomic E-state index is 14.0. The molecule has 3 nitrogen and oxygen atoms in total. The first-order valence-corrected chi connectivity index (χ1v) is 9.14. The Morgan fingerprint density at radius 3 is 2.36 bits per heavy atom. The molecule has 3 aromatic rings. The van der Waals surface area contributed by atoms with Gasteiger partial charge in [0.05, 0.1) is 7.11 Å². The lowest BCUT2D eigenvalue weighted by atomic mass is 9.83. The summed E-state index contributed by atoms with van der Waals surface area (Å²) in [7, 11) is 1.63. The average molecular weight is 377 g/mol. The SMILES string of the molecule is COc1c(C=Cc2ccccc2F)cc(-c2ccc[nH]c2=O)cc1C(C)(C)C. The number of halogens is 1. The Bertz CT molecular complexity index is 1070. The van der Waals surface area contributed by atoms with Crippen molar-refractivity contribution in [2.24, 2.45) is 0 Å². The normalized spacial score (nSPS) is 11.8. The zero-order valence-corrected chi connectivity index (χ0v) is 16.5. The van der Waals surface area contributed by atoms with Crippen molar-refractivity contribution in [2.75, 3.05) is 7.11 Å². The summed E-state index contributed by atoms with van der Waals surface area (Å²) in [5.74, 6) is 0.431. The van der Waals surface area contributed by atoms with E-state index in [4.69, 9.17) is 4.74 Å². The number of hydrogen-bond donors (Lipinski definition) is 1. The zero-order valence-electron chi connectivity index (χ0n) is 16.5. The molecule has 4 heteroatoms. The maximum Gasteiger partial charge on any atom is 0.255 e. The van der Waals surface area contributed by atoms with Crippen LogP contribution in [0.25, 0.3) is 23.3 Å². The van der Waals surface area contributed by atoms with Crippen LogP contribution in [0.4, 0.5) is 4.39 Å². The molecule has 0 radical (unpaired) electrons. The fraction of sp³-hybridized carbons (Fsp3) is 0.208. The van der Waals surface area contributed by atoms with Crippen LogP contribution < -0.4 is 10.3 Å². The Morgan fingerprint density at radius 1 is 1.00 bits per heavy atom. The number of benzene rings is 2. The van der Waals surface area contributed by atoms with Crippen molar-refractivity contribution in [3.8, 4) is 16.9 Å². The van der Waals surface area contributed by atoms with Crippen LogP contribution in [-0.2, 0) is 5.41 Å². The molecule has 0 unspecified atom stereocenters. The number of methoxy groups -OCH3 is 1. The highest BCUT2D eigenvalue weighted by Crippen LogP contribution is 2.38. The Balaban J connectivity index is 2.23. The van der Waals surface area contributed by atoms with Crippen molar-refractivity contribution in [1.82, 2.24) is 4.98 Å². The van der Waals surface area contributed by atoms with Crippen LogP contribution in [0, 0.1) is 5.82 Å². The summed E-state index contributed by atoms with van der Waals surface area (Å²) >= 11 is 0. The van der Waals surface area contributed by atoms with Crippen molar-refractivity contribution in [3.05, 3.63) is 87.6 Å². The number of nitrogens with one attached hydrogen (secondary N) is 1. The Kier molecular flexibility index (Phi) is 5.50. The van der Waals surface area contributed by atoms with Crippen molar-refractivity contribution < 1.29 is 9.13 Å². The summed E-state index contributed by atoms with van der Waals surface area (Å²) in [4.78, 5) is 15.0. The van der Waals surface area contributed by atoms with Gasteiger partial charge in [0.1, 0.15) is 11.6 Å². The summed E-state index contributed by atoms with van der Waals surface area (Å²) in [6, 6.07) is 14.1. The molecular formula is C24H24FNO2. The predicted octanol–water partition coefficient (Wildman–Crippen LogP) is 5.66. The number of ether oxygens (including phenoxy) is 1. The molecule has 3 rings (SSSR count). The molecule has 0 aliphatic carbocycles. The minimum Gasteiger partial charge on any atom is -0.496 e. The van der Waals surface area contributed by atoms with Crippen molar-refractivity contribution in [3.63, 3.8) is 0 Å². The van der Waals surface area contributed by atoms with E-state index in [2.05, 4.69) is 25.8 Å². The Labute approximate surface area is 164 Å². The van der Waals surface area contributed by atoms with Gasteiger partial charge < -0.3 is 9.72 Å². The smallest absolute Gasteiger partial charge is 0.255 e. The zero-order chi connectivity index (χ0) is 20.3. The van der Waals surface area contributed by atoms with Gasteiger partial charge in [0.15, 0.2) is 0 Å². The molecule has 0 atom stereocenters. The first-order valence-electron chi connectivity index (χ1n) is 9.14. The molecule has 0 fully saturated rings. The van der Waals surface area contributed by atoms with Gasteiger partial charge in [-0.3, -0.25) is 4.79 Å². The van der Waals surface area contributed by atoms with Gasteiger partial charge in [-0.1, -0.05) is 51.1 Å². The third kappa shape index (κ3) is 4.06. The third-order valence-corrected chi connectivity index (χ3v) is 4.61. The third-order valence-electron chi connectivity index (χ3n) is 4.61. The first-order chi connectivity index (χ1) is 13.3. The molecule has 144 valence electrons. The van der Waals surface area contributed by atoms with E-state index in [1.807, 2.05) is 18.2 Å². The highest BCUT2D eigenvalue weighted by molar-refractivity contribution is 5.78. The number of aromatic nitrogens is 1. The molecule has 0 bridgehead atoms. The standard InChI is InChI=1S/C24H24FNO2/c1-24(2,3)20-15-18(19-9-7-13-26-23(19)27)14-17(22(20)28-4)12-11-16-8-5-6-10-21(16)25/h5-15H,1-4H3,(H,26,27). The predicted molar refractivity (Wildman–Crippen MR) is 113 cm³/mol. The second kappa shape index (κ2) is 7.85. The van der Waals surface area contributed by atoms with Gasteiger partial charge >= 0.3 is 0 Å². The van der Waals surface area contributed by atoms with Gasteiger partial charge in [-0.05, 0) is 41.3 Å². The van der Waals surface area contributed by atoms with Crippen molar-refractivity contribution >= 4 is 12.2 Å². The fourth-order valence-electron chi connectivity index (χ4n) is 3.15. The molecule has 0 aliphatic heterocycles. The molecular weight excluding hydrogens is 353 g/mol. The minimum atomic E-state index is -0.288. The highest BCUT2D eigenvalue weighted by Gasteiger charge is 2.22. The summed E-state index contributed by atoms with van der Waals surface area (Å²) < 4.78 is 19.7. The van der Waals surface area contributed by atoms with Crippen LogP contribution in [0.2, 0.25) is 0 Å². The van der Waals surface area contributed by atoms with E-state index in [-0.39, 0.29) is 16.8 Å². The molecule has 2 aromatic carbocycles. The van der Waals surface area contributed by atoms with Crippen LogP contribution in [-0.4, -0.2) is 12.1 Å². The lowest BCUT2D eigenvalue weighted by Crippen LogP contribution is -2.15. The van der Waals surface area contributed by atoms with Crippen molar-refractivity contribution in [2.45, 2.75) is 26.2 Å². The number of H-pyrrole nitrogens is 1. The molecule has 0 amide bonds. The number of rotatable bonds is 4. The molecule has 1 heterocycles. The summed E-state index contributed by atoms with van der Waals surface area (Å²) in [5, 5.41) is 0. The second-order valence-electron chi connectivity index (χ2n) is 7.66. The van der Waals surface area contributed by atoms with Gasteiger partial charge in [-0.25, -0.2) is 4.39 Å².